The number of benzene rings is 2. The number of methoxy groups -OCH3 is 1. The highest BCUT2D eigenvalue weighted by atomic mass is 16.5. The van der Waals surface area contributed by atoms with E-state index >= 15 is 0 Å². The molecule has 1 aromatic heterocycles. The van der Waals surface area contributed by atoms with E-state index in [4.69, 9.17) is 4.74 Å². The van der Waals surface area contributed by atoms with Crippen LogP contribution in [0.1, 0.15) is 26.8 Å². The zero-order valence-electron chi connectivity index (χ0n) is 17.0. The van der Waals surface area contributed by atoms with E-state index < -0.39 is 17.3 Å². The summed E-state index contributed by atoms with van der Waals surface area (Å²) in [5, 5.41) is 3.22. The predicted octanol–water partition coefficient (Wildman–Crippen LogP) is 2.49. The SMILES string of the molecule is COc1cccc(-n2c(=O)c3ccccc3n([C@H](C)C(=O)NCC(C)C)c2=O)c1. The van der Waals surface area contributed by atoms with Crippen LogP contribution in [0.3, 0.4) is 0 Å². The standard InChI is InChI=1S/C22H25N3O4/c1-14(2)13-23-20(26)15(3)24-19-11-6-5-10-18(19)21(27)25(22(24)28)16-8-7-9-17(12-16)29-4/h5-12,14-15H,13H2,1-4H3,(H,23,26)/t15-/m1/s1. The van der Waals surface area contributed by atoms with Gasteiger partial charge in [0.2, 0.25) is 5.91 Å². The number of nitrogens with one attached hydrogen (secondary N) is 1. The van der Waals surface area contributed by atoms with Gasteiger partial charge in [0.25, 0.3) is 5.56 Å². The Morgan fingerprint density at radius 2 is 1.79 bits per heavy atom. The number of para-hydroxylation sites is 1. The van der Waals surface area contributed by atoms with Gasteiger partial charge in [-0.3, -0.25) is 14.2 Å². The van der Waals surface area contributed by atoms with Gasteiger partial charge in [-0.2, -0.15) is 0 Å². The third-order valence-electron chi connectivity index (χ3n) is 4.76. The van der Waals surface area contributed by atoms with Gasteiger partial charge in [0, 0.05) is 12.6 Å². The minimum Gasteiger partial charge on any atom is -0.497 e. The average Bonchev–Trinajstić information content (AvgIpc) is 2.72. The Morgan fingerprint density at radius 3 is 2.48 bits per heavy atom. The van der Waals surface area contributed by atoms with Crippen molar-refractivity contribution in [2.24, 2.45) is 5.92 Å². The quantitative estimate of drug-likeness (QED) is 0.695. The van der Waals surface area contributed by atoms with Crippen LogP contribution in [0.15, 0.2) is 58.1 Å². The molecule has 3 aromatic rings. The molecule has 0 radical (unpaired) electrons. The molecule has 0 bridgehead atoms. The summed E-state index contributed by atoms with van der Waals surface area (Å²) in [7, 11) is 1.52. The first-order valence-corrected chi connectivity index (χ1v) is 9.53. The Hall–Kier alpha value is -3.35. The number of fused-ring (bicyclic) bond motifs is 1. The van der Waals surface area contributed by atoms with Gasteiger partial charge >= 0.3 is 5.69 Å². The second-order valence-electron chi connectivity index (χ2n) is 7.33. The summed E-state index contributed by atoms with van der Waals surface area (Å²) >= 11 is 0. The summed E-state index contributed by atoms with van der Waals surface area (Å²) in [6.45, 7) is 6.15. The molecule has 1 atom stereocenters. The molecule has 7 heteroatoms. The summed E-state index contributed by atoms with van der Waals surface area (Å²) in [4.78, 5) is 39.2. The van der Waals surface area contributed by atoms with Crippen molar-refractivity contribution in [3.8, 4) is 11.4 Å². The lowest BCUT2D eigenvalue weighted by atomic mass is 10.2. The predicted molar refractivity (Wildman–Crippen MR) is 113 cm³/mol. The molecule has 0 aliphatic carbocycles. The molecule has 1 heterocycles. The average molecular weight is 395 g/mol. The fraction of sp³-hybridized carbons (Fsp3) is 0.318. The molecule has 29 heavy (non-hydrogen) atoms. The van der Waals surface area contributed by atoms with Crippen molar-refractivity contribution in [3.05, 3.63) is 69.4 Å². The maximum Gasteiger partial charge on any atom is 0.336 e. The van der Waals surface area contributed by atoms with Crippen molar-refractivity contribution < 1.29 is 9.53 Å². The number of hydrogen-bond acceptors (Lipinski definition) is 4. The van der Waals surface area contributed by atoms with E-state index in [9.17, 15) is 14.4 Å². The summed E-state index contributed by atoms with van der Waals surface area (Å²) in [5.41, 5.74) is -0.207. The highest BCUT2D eigenvalue weighted by Gasteiger charge is 2.22. The fourth-order valence-electron chi connectivity index (χ4n) is 3.20. The number of carbonyl (C=O) groups is 1. The molecule has 0 unspecified atom stereocenters. The first-order chi connectivity index (χ1) is 13.8. The molecule has 0 fully saturated rings. The van der Waals surface area contributed by atoms with Gasteiger partial charge in [-0.1, -0.05) is 32.0 Å². The molecule has 152 valence electrons. The summed E-state index contributed by atoms with van der Waals surface area (Å²) in [6, 6.07) is 12.7. The van der Waals surface area contributed by atoms with Crippen LogP contribution in [-0.4, -0.2) is 28.7 Å². The van der Waals surface area contributed by atoms with Crippen LogP contribution >= 0.6 is 0 Å². The maximum atomic E-state index is 13.4. The summed E-state index contributed by atoms with van der Waals surface area (Å²) in [5.74, 6) is 0.531. The molecular weight excluding hydrogens is 370 g/mol. The third kappa shape index (κ3) is 3.94. The second-order valence-corrected chi connectivity index (χ2v) is 7.33. The lowest BCUT2D eigenvalue weighted by molar-refractivity contribution is -0.124. The molecule has 3 rings (SSSR count). The number of nitrogens with zero attached hydrogens (tertiary/aromatic N) is 2. The molecule has 0 saturated heterocycles. The van der Waals surface area contributed by atoms with E-state index in [0.717, 1.165) is 4.57 Å². The molecule has 1 amide bonds. The van der Waals surface area contributed by atoms with Crippen molar-refractivity contribution in [3.63, 3.8) is 0 Å². The number of ether oxygens (including phenoxy) is 1. The third-order valence-corrected chi connectivity index (χ3v) is 4.76. The molecular formula is C22H25N3O4. The number of rotatable bonds is 6. The van der Waals surface area contributed by atoms with Crippen LogP contribution in [0.25, 0.3) is 16.6 Å². The minimum absolute atomic E-state index is 0.276. The van der Waals surface area contributed by atoms with Crippen molar-refractivity contribution >= 4 is 16.8 Å². The van der Waals surface area contributed by atoms with Crippen molar-refractivity contribution in [2.75, 3.05) is 13.7 Å². The van der Waals surface area contributed by atoms with Gasteiger partial charge in [-0.15, -0.1) is 0 Å². The highest BCUT2D eigenvalue weighted by molar-refractivity contribution is 5.84. The number of hydrogen-bond donors (Lipinski definition) is 1. The number of amides is 1. The Balaban J connectivity index is 2.26. The van der Waals surface area contributed by atoms with Crippen LogP contribution in [0, 0.1) is 5.92 Å². The Labute approximate surface area is 168 Å². The van der Waals surface area contributed by atoms with Gasteiger partial charge in [0.05, 0.1) is 23.7 Å². The van der Waals surface area contributed by atoms with Crippen LogP contribution in [0.2, 0.25) is 0 Å². The normalized spacial score (nSPS) is 12.2. The number of carbonyl (C=O) groups excluding carboxylic acids is 1. The monoisotopic (exact) mass is 395 g/mol. The molecule has 0 saturated carbocycles. The topological polar surface area (TPSA) is 82.3 Å². The lowest BCUT2D eigenvalue weighted by Gasteiger charge is -2.20. The molecule has 7 nitrogen and oxygen atoms in total. The van der Waals surface area contributed by atoms with Gasteiger partial charge in [0.1, 0.15) is 11.8 Å². The van der Waals surface area contributed by atoms with E-state index in [2.05, 4.69) is 5.32 Å². The molecule has 0 aliphatic rings. The van der Waals surface area contributed by atoms with E-state index in [-0.39, 0.29) is 11.8 Å². The van der Waals surface area contributed by atoms with Crippen molar-refractivity contribution in [2.45, 2.75) is 26.8 Å². The summed E-state index contributed by atoms with van der Waals surface area (Å²) < 4.78 is 7.67. The van der Waals surface area contributed by atoms with Crippen LogP contribution in [0.5, 0.6) is 5.75 Å². The van der Waals surface area contributed by atoms with Crippen LogP contribution in [-0.2, 0) is 4.79 Å². The van der Waals surface area contributed by atoms with E-state index in [1.54, 1.807) is 55.5 Å². The number of aromatic nitrogens is 2. The fourth-order valence-corrected chi connectivity index (χ4v) is 3.20. The first-order valence-electron chi connectivity index (χ1n) is 9.53. The van der Waals surface area contributed by atoms with Gasteiger partial charge in [0.15, 0.2) is 0 Å². The smallest absolute Gasteiger partial charge is 0.336 e. The molecule has 0 aliphatic heterocycles. The van der Waals surface area contributed by atoms with Gasteiger partial charge in [-0.05, 0) is 37.1 Å². The zero-order valence-corrected chi connectivity index (χ0v) is 17.0. The lowest BCUT2D eigenvalue weighted by Crippen LogP contribution is -2.44. The summed E-state index contributed by atoms with van der Waals surface area (Å²) in [6.07, 6.45) is 0. The molecule has 0 spiro atoms. The van der Waals surface area contributed by atoms with E-state index in [0.29, 0.717) is 28.9 Å². The Kier molecular flexibility index (Phi) is 5.87. The molecule has 2 aromatic carbocycles. The van der Waals surface area contributed by atoms with Gasteiger partial charge < -0.3 is 10.1 Å². The van der Waals surface area contributed by atoms with Gasteiger partial charge in [-0.25, -0.2) is 9.36 Å². The zero-order chi connectivity index (χ0) is 21.1. The largest absolute Gasteiger partial charge is 0.497 e. The van der Waals surface area contributed by atoms with Crippen molar-refractivity contribution in [1.82, 2.24) is 14.5 Å². The van der Waals surface area contributed by atoms with Crippen LogP contribution < -0.4 is 21.3 Å². The minimum atomic E-state index is -0.788. The Morgan fingerprint density at radius 1 is 1.07 bits per heavy atom. The highest BCUT2D eigenvalue weighted by Crippen LogP contribution is 2.17. The maximum absolute atomic E-state index is 13.4. The molecule has 1 N–H and O–H groups in total. The first kappa shape index (κ1) is 20.4. The van der Waals surface area contributed by atoms with Crippen molar-refractivity contribution in [1.29, 1.82) is 0 Å². The Bertz CT molecular complexity index is 1160. The van der Waals surface area contributed by atoms with Crippen LogP contribution in [0.4, 0.5) is 0 Å². The van der Waals surface area contributed by atoms with E-state index in [1.165, 1.54) is 11.7 Å². The second kappa shape index (κ2) is 8.34. The van der Waals surface area contributed by atoms with E-state index in [1.807, 2.05) is 13.8 Å².